The first-order valence-corrected chi connectivity index (χ1v) is 8.37. The minimum Gasteiger partial charge on any atom is -0.444 e. The molecule has 1 aromatic rings. The average Bonchev–Trinajstić information content (AvgIpc) is 2.46. The summed E-state index contributed by atoms with van der Waals surface area (Å²) in [6.45, 7) is 6.65. The molecule has 0 saturated carbocycles. The number of piperidine rings is 1. The summed E-state index contributed by atoms with van der Waals surface area (Å²) >= 11 is 0. The zero-order valence-electron chi connectivity index (χ0n) is 12.7. The third-order valence-electron chi connectivity index (χ3n) is 3.18. The molecule has 5 nitrogen and oxygen atoms in total. The van der Waals surface area contributed by atoms with Crippen LogP contribution in [0.1, 0.15) is 33.6 Å². The number of hydrogen-bond donors (Lipinski definition) is 0. The zero-order chi connectivity index (χ0) is 15.5. The molecule has 0 N–H and O–H groups in total. The molecule has 0 bridgehead atoms. The second-order valence-electron chi connectivity index (χ2n) is 6.16. The molecule has 1 fully saturated rings. The highest BCUT2D eigenvalue weighted by Gasteiger charge is 2.31. The Bertz CT molecular complexity index is 513. The molecule has 6 heteroatoms. The lowest BCUT2D eigenvalue weighted by Crippen LogP contribution is -2.45. The Balaban J connectivity index is 2.01. The molecule has 21 heavy (non-hydrogen) atoms. The lowest BCUT2D eigenvalue weighted by molar-refractivity contribution is 0.0219. The Kier molecular flexibility index (Phi) is 4.98. The summed E-state index contributed by atoms with van der Waals surface area (Å²) in [6.07, 6.45) is 2.98. The van der Waals surface area contributed by atoms with Gasteiger partial charge in [-0.25, -0.2) is 9.78 Å². The van der Waals surface area contributed by atoms with Gasteiger partial charge in [-0.05, 0) is 45.7 Å². The van der Waals surface area contributed by atoms with Gasteiger partial charge in [-0.1, -0.05) is 6.07 Å². The lowest BCUT2D eigenvalue weighted by atomic mass is 10.1. The van der Waals surface area contributed by atoms with Crippen LogP contribution >= 0.6 is 0 Å². The molecule has 0 unspecified atom stereocenters. The average molecular weight is 310 g/mol. The molecule has 0 radical (unpaired) electrons. The van der Waals surface area contributed by atoms with Crippen LogP contribution in [-0.2, 0) is 15.5 Å². The second-order valence-corrected chi connectivity index (χ2v) is 7.84. The maximum absolute atomic E-state index is 12.5. The minimum atomic E-state index is -1.19. The highest BCUT2D eigenvalue weighted by atomic mass is 32.2. The van der Waals surface area contributed by atoms with Gasteiger partial charge in [0.2, 0.25) is 0 Å². The van der Waals surface area contributed by atoms with Gasteiger partial charge in [0.25, 0.3) is 0 Å². The summed E-state index contributed by atoms with van der Waals surface area (Å²) in [6, 6.07) is 5.39. The fraction of sp³-hybridized carbons (Fsp3) is 0.600. The maximum Gasteiger partial charge on any atom is 0.410 e. The van der Waals surface area contributed by atoms with Crippen LogP contribution in [0.4, 0.5) is 4.79 Å². The Hall–Kier alpha value is -1.43. The SMILES string of the molecule is CC(C)(C)OC(=O)N1CCC[C@H]([S@](=O)c2ccccn2)C1. The van der Waals surface area contributed by atoms with E-state index in [2.05, 4.69) is 4.98 Å². The van der Waals surface area contributed by atoms with Gasteiger partial charge in [-0.3, -0.25) is 4.21 Å². The van der Waals surface area contributed by atoms with E-state index in [-0.39, 0.29) is 11.3 Å². The molecule has 1 aliphatic heterocycles. The van der Waals surface area contributed by atoms with Gasteiger partial charge >= 0.3 is 6.09 Å². The molecule has 1 amide bonds. The number of nitrogens with zero attached hydrogens (tertiary/aromatic N) is 2. The van der Waals surface area contributed by atoms with Gasteiger partial charge in [-0.2, -0.15) is 0 Å². The predicted molar refractivity (Wildman–Crippen MR) is 81.5 cm³/mol. The second kappa shape index (κ2) is 6.56. The summed E-state index contributed by atoms with van der Waals surface area (Å²) in [7, 11) is -1.19. The van der Waals surface area contributed by atoms with E-state index in [9.17, 15) is 9.00 Å². The van der Waals surface area contributed by atoms with Gasteiger partial charge in [0.1, 0.15) is 10.6 Å². The van der Waals surface area contributed by atoms with Crippen LogP contribution in [-0.4, -0.2) is 44.1 Å². The van der Waals surface area contributed by atoms with Crippen LogP contribution in [0.2, 0.25) is 0 Å². The van der Waals surface area contributed by atoms with E-state index < -0.39 is 16.4 Å². The molecular weight excluding hydrogens is 288 g/mol. The fourth-order valence-electron chi connectivity index (χ4n) is 2.24. The van der Waals surface area contributed by atoms with Gasteiger partial charge in [0, 0.05) is 19.3 Å². The van der Waals surface area contributed by atoms with Crippen LogP contribution in [0.25, 0.3) is 0 Å². The molecule has 0 spiro atoms. The van der Waals surface area contributed by atoms with Crippen molar-refractivity contribution in [3.05, 3.63) is 24.4 Å². The van der Waals surface area contributed by atoms with Crippen molar-refractivity contribution in [3.8, 4) is 0 Å². The molecule has 1 saturated heterocycles. The molecule has 116 valence electrons. The Morgan fingerprint density at radius 2 is 2.19 bits per heavy atom. The highest BCUT2D eigenvalue weighted by Crippen LogP contribution is 2.21. The Labute approximate surface area is 128 Å². The first-order valence-electron chi connectivity index (χ1n) is 7.16. The van der Waals surface area contributed by atoms with Crippen LogP contribution < -0.4 is 0 Å². The maximum atomic E-state index is 12.5. The third-order valence-corrected chi connectivity index (χ3v) is 4.82. The van der Waals surface area contributed by atoms with Crippen LogP contribution in [0.15, 0.2) is 29.4 Å². The largest absolute Gasteiger partial charge is 0.444 e. The van der Waals surface area contributed by atoms with E-state index in [1.54, 1.807) is 23.2 Å². The summed E-state index contributed by atoms with van der Waals surface area (Å²) in [4.78, 5) is 17.9. The van der Waals surface area contributed by atoms with Crippen LogP contribution in [0.3, 0.4) is 0 Å². The molecule has 1 aliphatic rings. The number of rotatable bonds is 2. The van der Waals surface area contributed by atoms with Crippen molar-refractivity contribution in [2.75, 3.05) is 13.1 Å². The van der Waals surface area contributed by atoms with Crippen molar-refractivity contribution in [2.24, 2.45) is 0 Å². The first kappa shape index (κ1) is 15.9. The van der Waals surface area contributed by atoms with Crippen molar-refractivity contribution >= 4 is 16.9 Å². The van der Waals surface area contributed by atoms with Gasteiger partial charge in [0.05, 0.1) is 16.0 Å². The standard InChI is InChI=1S/C15H22N2O3S/c1-15(2,3)20-14(18)17-10-6-7-12(11-17)21(19)13-8-4-5-9-16-13/h4-5,8-9,12H,6-7,10-11H2,1-3H3/t12-,21-/m0/s1. The lowest BCUT2D eigenvalue weighted by Gasteiger charge is -2.33. The van der Waals surface area contributed by atoms with Crippen LogP contribution in [0.5, 0.6) is 0 Å². The first-order chi connectivity index (χ1) is 9.87. The highest BCUT2D eigenvalue weighted by molar-refractivity contribution is 7.85. The van der Waals surface area contributed by atoms with Crippen LogP contribution in [0, 0.1) is 0 Å². The molecule has 2 heterocycles. The number of carbonyl (C=O) groups is 1. The van der Waals surface area contributed by atoms with Gasteiger partial charge < -0.3 is 9.64 Å². The summed E-state index contributed by atoms with van der Waals surface area (Å²) < 4.78 is 17.9. The van der Waals surface area contributed by atoms with Gasteiger partial charge in [0.15, 0.2) is 0 Å². The molecule has 1 aromatic heterocycles. The summed E-state index contributed by atoms with van der Waals surface area (Å²) in [5, 5.41) is 0.495. The topological polar surface area (TPSA) is 59.5 Å². The Morgan fingerprint density at radius 1 is 1.43 bits per heavy atom. The minimum absolute atomic E-state index is 0.0823. The molecule has 0 aliphatic carbocycles. The number of hydrogen-bond acceptors (Lipinski definition) is 4. The number of carbonyl (C=O) groups excluding carboxylic acids is 1. The third kappa shape index (κ3) is 4.52. The van der Waals surface area contributed by atoms with Crippen molar-refractivity contribution in [1.29, 1.82) is 0 Å². The predicted octanol–water partition coefficient (Wildman–Crippen LogP) is 2.59. The number of aromatic nitrogens is 1. The molecule has 2 rings (SSSR count). The molecular formula is C15H22N2O3S. The van der Waals surface area contributed by atoms with E-state index in [0.29, 0.717) is 18.1 Å². The molecule has 0 aromatic carbocycles. The van der Waals surface area contributed by atoms with Gasteiger partial charge in [-0.15, -0.1) is 0 Å². The number of likely N-dealkylation sites (tertiary alicyclic amines) is 1. The summed E-state index contributed by atoms with van der Waals surface area (Å²) in [5.74, 6) is 0. The number of amides is 1. The normalized spacial score (nSPS) is 20.9. The summed E-state index contributed by atoms with van der Waals surface area (Å²) in [5.41, 5.74) is -0.510. The fourth-order valence-corrected chi connectivity index (χ4v) is 3.66. The smallest absolute Gasteiger partial charge is 0.410 e. The molecule has 2 atom stereocenters. The Morgan fingerprint density at radius 3 is 2.81 bits per heavy atom. The van der Waals surface area contributed by atoms with Crippen molar-refractivity contribution < 1.29 is 13.7 Å². The number of ether oxygens (including phenoxy) is 1. The van der Waals surface area contributed by atoms with E-state index >= 15 is 0 Å². The quantitative estimate of drug-likeness (QED) is 0.842. The van der Waals surface area contributed by atoms with E-state index in [4.69, 9.17) is 4.74 Å². The van der Waals surface area contributed by atoms with Crippen molar-refractivity contribution in [3.63, 3.8) is 0 Å². The number of pyridine rings is 1. The monoisotopic (exact) mass is 310 g/mol. The van der Waals surface area contributed by atoms with E-state index in [1.807, 2.05) is 26.8 Å². The van der Waals surface area contributed by atoms with E-state index in [1.165, 1.54) is 0 Å². The zero-order valence-corrected chi connectivity index (χ0v) is 13.6. The van der Waals surface area contributed by atoms with E-state index in [0.717, 1.165) is 12.8 Å². The van der Waals surface area contributed by atoms with Crippen molar-refractivity contribution in [2.45, 2.75) is 49.5 Å². The van der Waals surface area contributed by atoms with Crippen molar-refractivity contribution in [1.82, 2.24) is 9.88 Å².